The molecule has 0 amide bonds. The van der Waals surface area contributed by atoms with Crippen LogP contribution < -0.4 is 4.74 Å². The second-order valence-corrected chi connectivity index (χ2v) is 8.22. The quantitative estimate of drug-likeness (QED) is 0.776. The van der Waals surface area contributed by atoms with E-state index in [4.69, 9.17) is 4.74 Å². The summed E-state index contributed by atoms with van der Waals surface area (Å²) < 4.78 is 5.21. The van der Waals surface area contributed by atoms with Gasteiger partial charge in [-0.1, -0.05) is 12.8 Å². The monoisotopic (exact) mass is 396 g/mol. The number of hydrogen-bond donors (Lipinski definition) is 1. The number of nitrogens with zero attached hydrogens (tertiary/aromatic N) is 4. The Morgan fingerprint density at radius 1 is 1.07 bits per heavy atom. The van der Waals surface area contributed by atoms with Gasteiger partial charge >= 0.3 is 0 Å². The Labute approximate surface area is 173 Å². The molecular weight excluding hydrogens is 364 g/mol. The maximum Gasteiger partial charge on any atom is 0.159 e. The van der Waals surface area contributed by atoms with Gasteiger partial charge in [0.15, 0.2) is 5.82 Å². The van der Waals surface area contributed by atoms with Crippen molar-refractivity contribution in [2.45, 2.75) is 50.7 Å². The van der Waals surface area contributed by atoms with Crippen LogP contribution in [-0.4, -0.2) is 70.3 Å². The zero-order chi connectivity index (χ0) is 20.1. The molecule has 1 N–H and O–H groups in total. The maximum atomic E-state index is 9.55. The van der Waals surface area contributed by atoms with E-state index in [1.54, 1.807) is 7.11 Å². The summed E-state index contributed by atoms with van der Waals surface area (Å²) in [5, 5.41) is 9.55. The SMILES string of the molecule is COc1ccc(-c2ncc(CN3CCN(C4CCCC4)[C@H](CCO)C3)cn2)cc1. The molecule has 2 aromatic rings. The molecular formula is C23H32N4O2. The summed E-state index contributed by atoms with van der Waals surface area (Å²) in [5.74, 6) is 1.57. The van der Waals surface area contributed by atoms with Gasteiger partial charge in [0, 0.05) is 68.4 Å². The molecule has 2 heterocycles. The fourth-order valence-corrected chi connectivity index (χ4v) is 4.78. The zero-order valence-corrected chi connectivity index (χ0v) is 17.3. The fraction of sp³-hybridized carbons (Fsp3) is 0.565. The molecule has 6 nitrogen and oxygen atoms in total. The lowest BCUT2D eigenvalue weighted by atomic mass is 10.0. The average molecular weight is 397 g/mol. The lowest BCUT2D eigenvalue weighted by Gasteiger charge is -2.44. The van der Waals surface area contributed by atoms with Crippen molar-refractivity contribution in [3.63, 3.8) is 0 Å². The van der Waals surface area contributed by atoms with E-state index >= 15 is 0 Å². The largest absolute Gasteiger partial charge is 0.497 e. The van der Waals surface area contributed by atoms with E-state index < -0.39 is 0 Å². The van der Waals surface area contributed by atoms with Crippen LogP contribution in [0.4, 0.5) is 0 Å². The molecule has 2 aliphatic rings. The second-order valence-electron chi connectivity index (χ2n) is 8.22. The molecule has 2 fully saturated rings. The van der Waals surface area contributed by atoms with Crippen LogP contribution in [0.5, 0.6) is 5.75 Å². The molecule has 1 aromatic carbocycles. The van der Waals surface area contributed by atoms with Gasteiger partial charge in [0.05, 0.1) is 7.11 Å². The zero-order valence-electron chi connectivity index (χ0n) is 17.3. The van der Waals surface area contributed by atoms with Gasteiger partial charge in [0.2, 0.25) is 0 Å². The van der Waals surface area contributed by atoms with E-state index in [0.717, 1.165) is 61.3 Å². The Morgan fingerprint density at radius 2 is 1.79 bits per heavy atom. The Morgan fingerprint density at radius 3 is 2.45 bits per heavy atom. The molecule has 1 saturated carbocycles. The van der Waals surface area contributed by atoms with Crippen molar-refractivity contribution >= 4 is 0 Å². The summed E-state index contributed by atoms with van der Waals surface area (Å²) in [5.41, 5.74) is 2.13. The summed E-state index contributed by atoms with van der Waals surface area (Å²) in [6.07, 6.45) is 10.1. The van der Waals surface area contributed by atoms with Gasteiger partial charge < -0.3 is 9.84 Å². The van der Waals surface area contributed by atoms with Crippen molar-refractivity contribution < 1.29 is 9.84 Å². The fourth-order valence-electron chi connectivity index (χ4n) is 4.78. The van der Waals surface area contributed by atoms with Crippen molar-refractivity contribution in [3.05, 3.63) is 42.2 Å². The Kier molecular flexibility index (Phi) is 6.74. The Balaban J connectivity index is 1.37. The predicted molar refractivity (Wildman–Crippen MR) is 114 cm³/mol. The second kappa shape index (κ2) is 9.65. The molecule has 29 heavy (non-hydrogen) atoms. The molecule has 6 heteroatoms. The highest BCUT2D eigenvalue weighted by Gasteiger charge is 2.32. The first-order chi connectivity index (χ1) is 14.3. The topological polar surface area (TPSA) is 61.7 Å². The minimum Gasteiger partial charge on any atom is -0.497 e. The molecule has 0 spiro atoms. The Bertz CT molecular complexity index is 759. The molecule has 0 radical (unpaired) electrons. The first-order valence-corrected chi connectivity index (χ1v) is 10.8. The molecule has 1 aliphatic heterocycles. The first kappa shape index (κ1) is 20.3. The van der Waals surface area contributed by atoms with E-state index in [9.17, 15) is 5.11 Å². The van der Waals surface area contributed by atoms with Crippen molar-refractivity contribution in [2.75, 3.05) is 33.4 Å². The van der Waals surface area contributed by atoms with Crippen LogP contribution in [0.3, 0.4) is 0 Å². The third kappa shape index (κ3) is 4.94. The number of benzene rings is 1. The molecule has 4 rings (SSSR count). The summed E-state index contributed by atoms with van der Waals surface area (Å²) in [6.45, 7) is 4.31. The third-order valence-corrected chi connectivity index (χ3v) is 6.33. The van der Waals surface area contributed by atoms with E-state index in [1.165, 1.54) is 25.7 Å². The average Bonchev–Trinajstić information content (AvgIpc) is 3.30. The highest BCUT2D eigenvalue weighted by molar-refractivity contribution is 5.55. The number of hydrogen-bond acceptors (Lipinski definition) is 6. The van der Waals surface area contributed by atoms with Crippen LogP contribution in [0, 0.1) is 0 Å². The van der Waals surface area contributed by atoms with Crippen molar-refractivity contribution in [1.29, 1.82) is 0 Å². The van der Waals surface area contributed by atoms with Crippen LogP contribution in [0.25, 0.3) is 11.4 Å². The third-order valence-electron chi connectivity index (χ3n) is 6.33. The van der Waals surface area contributed by atoms with Crippen molar-refractivity contribution in [3.8, 4) is 17.1 Å². The van der Waals surface area contributed by atoms with Crippen LogP contribution in [0.15, 0.2) is 36.7 Å². The number of ether oxygens (including phenoxy) is 1. The van der Waals surface area contributed by atoms with Crippen LogP contribution in [-0.2, 0) is 6.54 Å². The lowest BCUT2D eigenvalue weighted by Crippen LogP contribution is -2.56. The van der Waals surface area contributed by atoms with Crippen LogP contribution in [0.2, 0.25) is 0 Å². The standard InChI is InChI=1S/C23H32N4O2/c1-29-22-8-6-19(7-9-22)23-24-14-18(15-25-23)16-26-11-12-27(20-4-2-3-5-20)21(17-26)10-13-28/h6-9,14-15,20-21,28H,2-5,10-13,16-17H2,1H3/t21-/m1/s1. The lowest BCUT2D eigenvalue weighted by molar-refractivity contribution is 0.0266. The minimum absolute atomic E-state index is 0.265. The normalized spacial score (nSPS) is 21.5. The number of aliphatic hydroxyl groups is 1. The van der Waals surface area contributed by atoms with Crippen LogP contribution >= 0.6 is 0 Å². The minimum atomic E-state index is 0.265. The number of rotatable bonds is 7. The molecule has 0 unspecified atom stereocenters. The van der Waals surface area contributed by atoms with Gasteiger partial charge in [-0.25, -0.2) is 9.97 Å². The molecule has 1 atom stereocenters. The maximum absolute atomic E-state index is 9.55. The Hall–Kier alpha value is -2.02. The summed E-state index contributed by atoms with van der Waals surface area (Å²) in [4.78, 5) is 14.3. The molecule has 156 valence electrons. The number of aromatic nitrogens is 2. The van der Waals surface area contributed by atoms with Crippen molar-refractivity contribution in [2.24, 2.45) is 0 Å². The molecule has 1 aromatic heterocycles. The highest BCUT2D eigenvalue weighted by Crippen LogP contribution is 2.28. The summed E-state index contributed by atoms with van der Waals surface area (Å²) in [7, 11) is 1.67. The van der Waals surface area contributed by atoms with Gasteiger partial charge in [0.25, 0.3) is 0 Å². The van der Waals surface area contributed by atoms with E-state index in [-0.39, 0.29) is 6.61 Å². The molecule has 1 saturated heterocycles. The molecule has 0 bridgehead atoms. The number of piperazine rings is 1. The number of aliphatic hydroxyl groups excluding tert-OH is 1. The highest BCUT2D eigenvalue weighted by atomic mass is 16.5. The summed E-state index contributed by atoms with van der Waals surface area (Å²) >= 11 is 0. The van der Waals surface area contributed by atoms with E-state index in [1.807, 2.05) is 36.7 Å². The van der Waals surface area contributed by atoms with Gasteiger partial charge in [-0.15, -0.1) is 0 Å². The van der Waals surface area contributed by atoms with Gasteiger partial charge in [-0.05, 0) is 43.5 Å². The number of methoxy groups -OCH3 is 1. The van der Waals surface area contributed by atoms with E-state index in [2.05, 4.69) is 19.8 Å². The molecule has 1 aliphatic carbocycles. The van der Waals surface area contributed by atoms with Gasteiger partial charge in [0.1, 0.15) is 5.75 Å². The van der Waals surface area contributed by atoms with E-state index in [0.29, 0.717) is 6.04 Å². The first-order valence-electron chi connectivity index (χ1n) is 10.8. The van der Waals surface area contributed by atoms with Gasteiger partial charge in [-0.3, -0.25) is 9.80 Å². The van der Waals surface area contributed by atoms with Gasteiger partial charge in [-0.2, -0.15) is 0 Å². The van der Waals surface area contributed by atoms with Crippen LogP contribution in [0.1, 0.15) is 37.7 Å². The smallest absolute Gasteiger partial charge is 0.159 e. The predicted octanol–water partition coefficient (Wildman–Crippen LogP) is 2.96. The van der Waals surface area contributed by atoms with Crippen molar-refractivity contribution in [1.82, 2.24) is 19.8 Å². The summed E-state index contributed by atoms with van der Waals surface area (Å²) in [6, 6.07) is 9.00.